The van der Waals surface area contributed by atoms with Crippen molar-refractivity contribution in [3.63, 3.8) is 0 Å². The average molecular weight is 324 g/mol. The molecule has 0 saturated heterocycles. The zero-order chi connectivity index (χ0) is 15.2. The number of anilines is 1. The van der Waals surface area contributed by atoms with Crippen LogP contribution in [0.4, 0.5) is 5.69 Å². The van der Waals surface area contributed by atoms with E-state index >= 15 is 0 Å². The molecule has 0 atom stereocenters. The van der Waals surface area contributed by atoms with Gasteiger partial charge in [0.05, 0.1) is 17.3 Å². The third kappa shape index (κ3) is 4.52. The standard InChI is InChI=1S/C15H18ClN3OS/c1-19(2)8-7-14(20)18-13-6-4-3-5-12(13)15-17-11(9-16)10-21-15/h3-6,10H,7-9H2,1-2H3,(H,18,20). The fourth-order valence-corrected chi connectivity index (χ4v) is 2.90. The molecule has 0 aliphatic heterocycles. The van der Waals surface area contributed by atoms with Gasteiger partial charge in [0, 0.05) is 23.9 Å². The maximum absolute atomic E-state index is 12.0. The van der Waals surface area contributed by atoms with Crippen molar-refractivity contribution in [2.75, 3.05) is 26.0 Å². The Hall–Kier alpha value is -1.43. The number of nitrogens with zero attached hydrogens (tertiary/aromatic N) is 2. The molecule has 4 nitrogen and oxygen atoms in total. The lowest BCUT2D eigenvalue weighted by atomic mass is 10.2. The largest absolute Gasteiger partial charge is 0.325 e. The zero-order valence-electron chi connectivity index (χ0n) is 12.1. The summed E-state index contributed by atoms with van der Waals surface area (Å²) < 4.78 is 0. The molecule has 0 unspecified atom stereocenters. The SMILES string of the molecule is CN(C)CCC(=O)Nc1ccccc1-c1nc(CCl)cs1. The van der Waals surface area contributed by atoms with Gasteiger partial charge >= 0.3 is 0 Å². The van der Waals surface area contributed by atoms with Crippen molar-refractivity contribution >= 4 is 34.5 Å². The van der Waals surface area contributed by atoms with Crippen molar-refractivity contribution in [3.05, 3.63) is 35.3 Å². The lowest BCUT2D eigenvalue weighted by Crippen LogP contribution is -2.21. The molecule has 6 heteroatoms. The monoisotopic (exact) mass is 323 g/mol. The van der Waals surface area contributed by atoms with Crippen molar-refractivity contribution in [1.82, 2.24) is 9.88 Å². The summed E-state index contributed by atoms with van der Waals surface area (Å²) in [7, 11) is 3.90. The lowest BCUT2D eigenvalue weighted by Gasteiger charge is -2.11. The normalized spacial score (nSPS) is 10.9. The molecule has 0 bridgehead atoms. The van der Waals surface area contributed by atoms with E-state index in [-0.39, 0.29) is 5.91 Å². The smallest absolute Gasteiger partial charge is 0.225 e. The number of carbonyl (C=O) groups is 1. The van der Waals surface area contributed by atoms with Crippen molar-refractivity contribution in [3.8, 4) is 10.6 Å². The number of nitrogens with one attached hydrogen (secondary N) is 1. The molecule has 0 radical (unpaired) electrons. The number of halogens is 1. The van der Waals surface area contributed by atoms with Crippen LogP contribution >= 0.6 is 22.9 Å². The van der Waals surface area contributed by atoms with Gasteiger partial charge < -0.3 is 10.2 Å². The van der Waals surface area contributed by atoms with Crippen LogP contribution in [0.3, 0.4) is 0 Å². The number of hydrogen-bond donors (Lipinski definition) is 1. The van der Waals surface area contributed by atoms with Crippen LogP contribution in [0.25, 0.3) is 10.6 Å². The molecule has 0 fully saturated rings. The topological polar surface area (TPSA) is 45.2 Å². The van der Waals surface area contributed by atoms with E-state index in [1.807, 2.05) is 48.6 Å². The van der Waals surface area contributed by atoms with E-state index in [1.165, 1.54) is 11.3 Å². The number of alkyl halides is 1. The molecule has 0 saturated carbocycles. The summed E-state index contributed by atoms with van der Waals surface area (Å²) >= 11 is 7.32. The molecular weight excluding hydrogens is 306 g/mol. The molecule has 0 aliphatic rings. The second kappa shape index (κ2) is 7.54. The number of benzene rings is 1. The Morgan fingerprint density at radius 2 is 2.14 bits per heavy atom. The molecule has 1 heterocycles. The van der Waals surface area contributed by atoms with Crippen LogP contribution in [-0.2, 0) is 10.7 Å². The second-order valence-electron chi connectivity index (χ2n) is 4.92. The number of para-hydroxylation sites is 1. The lowest BCUT2D eigenvalue weighted by molar-refractivity contribution is -0.116. The quantitative estimate of drug-likeness (QED) is 0.828. The Bertz CT molecular complexity index is 612. The van der Waals surface area contributed by atoms with Crippen LogP contribution < -0.4 is 5.32 Å². The number of rotatable bonds is 6. The van der Waals surface area contributed by atoms with Gasteiger partial charge in [-0.2, -0.15) is 0 Å². The predicted octanol–water partition coefficient (Wildman–Crippen LogP) is 3.44. The van der Waals surface area contributed by atoms with Gasteiger partial charge in [-0.05, 0) is 26.2 Å². The average Bonchev–Trinajstić information content (AvgIpc) is 2.94. The minimum atomic E-state index is 0.00488. The summed E-state index contributed by atoms with van der Waals surface area (Å²) in [5.74, 6) is 0.402. The molecule has 0 spiro atoms. The van der Waals surface area contributed by atoms with Crippen LogP contribution in [-0.4, -0.2) is 36.4 Å². The summed E-state index contributed by atoms with van der Waals surface area (Å²) in [5.41, 5.74) is 2.57. The Morgan fingerprint density at radius 3 is 2.81 bits per heavy atom. The van der Waals surface area contributed by atoms with E-state index in [2.05, 4.69) is 10.3 Å². The van der Waals surface area contributed by atoms with E-state index in [0.29, 0.717) is 12.3 Å². The van der Waals surface area contributed by atoms with Crippen LogP contribution in [0.1, 0.15) is 12.1 Å². The molecule has 1 aromatic carbocycles. The van der Waals surface area contributed by atoms with Gasteiger partial charge in [0.15, 0.2) is 0 Å². The molecule has 2 rings (SSSR count). The summed E-state index contributed by atoms with van der Waals surface area (Å²) in [5, 5.41) is 5.77. The molecule has 2 aromatic rings. The van der Waals surface area contributed by atoms with Crippen molar-refractivity contribution in [2.24, 2.45) is 0 Å². The van der Waals surface area contributed by atoms with Gasteiger partial charge in [-0.3, -0.25) is 4.79 Å². The van der Waals surface area contributed by atoms with Gasteiger partial charge in [0.2, 0.25) is 5.91 Å². The van der Waals surface area contributed by atoms with E-state index in [1.54, 1.807) is 0 Å². The Balaban J connectivity index is 2.15. The highest BCUT2D eigenvalue weighted by Crippen LogP contribution is 2.30. The zero-order valence-corrected chi connectivity index (χ0v) is 13.7. The first-order valence-electron chi connectivity index (χ1n) is 6.64. The highest BCUT2D eigenvalue weighted by molar-refractivity contribution is 7.13. The predicted molar refractivity (Wildman–Crippen MR) is 88.9 cm³/mol. The molecule has 21 heavy (non-hydrogen) atoms. The summed E-state index contributed by atoms with van der Waals surface area (Å²) in [6.45, 7) is 0.724. The molecule has 112 valence electrons. The Labute approximate surface area is 133 Å². The molecule has 1 amide bonds. The number of carbonyl (C=O) groups excluding carboxylic acids is 1. The van der Waals surface area contributed by atoms with Crippen molar-refractivity contribution in [2.45, 2.75) is 12.3 Å². The number of amides is 1. The van der Waals surface area contributed by atoms with Gasteiger partial charge in [-0.15, -0.1) is 22.9 Å². The number of thiazole rings is 1. The fourth-order valence-electron chi connectivity index (χ4n) is 1.81. The Morgan fingerprint density at radius 1 is 1.38 bits per heavy atom. The fraction of sp³-hybridized carbons (Fsp3) is 0.333. The van der Waals surface area contributed by atoms with Crippen molar-refractivity contribution in [1.29, 1.82) is 0 Å². The highest BCUT2D eigenvalue weighted by atomic mass is 35.5. The maximum atomic E-state index is 12.0. The third-order valence-electron chi connectivity index (χ3n) is 2.91. The summed E-state index contributed by atoms with van der Waals surface area (Å²) in [6.07, 6.45) is 0.464. The van der Waals surface area contributed by atoms with Gasteiger partial charge in [0.25, 0.3) is 0 Å². The molecular formula is C15H18ClN3OS. The minimum absolute atomic E-state index is 0.00488. The highest BCUT2D eigenvalue weighted by Gasteiger charge is 2.11. The van der Waals surface area contributed by atoms with Crippen LogP contribution in [0.5, 0.6) is 0 Å². The van der Waals surface area contributed by atoms with E-state index < -0.39 is 0 Å². The summed E-state index contributed by atoms with van der Waals surface area (Å²) in [4.78, 5) is 18.4. The van der Waals surface area contributed by atoms with Gasteiger partial charge in [-0.1, -0.05) is 12.1 Å². The number of hydrogen-bond acceptors (Lipinski definition) is 4. The van der Waals surface area contributed by atoms with E-state index in [0.717, 1.165) is 28.5 Å². The number of aromatic nitrogens is 1. The molecule has 1 N–H and O–H groups in total. The third-order valence-corrected chi connectivity index (χ3v) is 4.10. The van der Waals surface area contributed by atoms with E-state index in [9.17, 15) is 4.79 Å². The summed E-state index contributed by atoms with van der Waals surface area (Å²) in [6, 6.07) is 7.69. The Kier molecular flexibility index (Phi) is 5.73. The van der Waals surface area contributed by atoms with E-state index in [4.69, 9.17) is 11.6 Å². The first-order chi connectivity index (χ1) is 10.1. The van der Waals surface area contributed by atoms with Gasteiger partial charge in [0.1, 0.15) is 5.01 Å². The molecule has 0 aliphatic carbocycles. The second-order valence-corrected chi connectivity index (χ2v) is 6.05. The molecule has 1 aromatic heterocycles. The van der Waals surface area contributed by atoms with Crippen LogP contribution in [0, 0.1) is 0 Å². The first kappa shape index (κ1) is 15.9. The van der Waals surface area contributed by atoms with Crippen LogP contribution in [0.2, 0.25) is 0 Å². The van der Waals surface area contributed by atoms with Crippen LogP contribution in [0.15, 0.2) is 29.6 Å². The maximum Gasteiger partial charge on any atom is 0.225 e. The minimum Gasteiger partial charge on any atom is -0.325 e. The first-order valence-corrected chi connectivity index (χ1v) is 8.06. The van der Waals surface area contributed by atoms with Gasteiger partial charge in [-0.25, -0.2) is 4.98 Å². The van der Waals surface area contributed by atoms with Crippen molar-refractivity contribution < 1.29 is 4.79 Å².